The summed E-state index contributed by atoms with van der Waals surface area (Å²) in [5.74, 6) is -0.494. The molecule has 1 heterocycles. The summed E-state index contributed by atoms with van der Waals surface area (Å²) < 4.78 is 11.2. The Hall–Kier alpha value is -2.99. The first-order valence-corrected chi connectivity index (χ1v) is 8.61. The van der Waals surface area contributed by atoms with Crippen molar-refractivity contribution < 1.29 is 19.2 Å². The van der Waals surface area contributed by atoms with Crippen molar-refractivity contribution in [2.24, 2.45) is 0 Å². The van der Waals surface area contributed by atoms with E-state index in [1.54, 1.807) is 39.0 Å². The van der Waals surface area contributed by atoms with Crippen LogP contribution in [0, 0.1) is 10.1 Å². The number of nitro groups is 1. The van der Waals surface area contributed by atoms with E-state index < -0.39 is 28.2 Å². The first-order valence-electron chi connectivity index (χ1n) is 8.61. The zero-order chi connectivity index (χ0) is 19.7. The number of carbonyl (C=O) groups is 1. The van der Waals surface area contributed by atoms with Gasteiger partial charge >= 0.3 is 5.97 Å². The molecule has 1 fully saturated rings. The summed E-state index contributed by atoms with van der Waals surface area (Å²) in [7, 11) is 0. The number of ether oxygens (including phenoxy) is 2. The quantitative estimate of drug-likeness (QED) is 0.342. The van der Waals surface area contributed by atoms with Crippen LogP contribution < -0.4 is 0 Å². The number of non-ortho nitro benzene ring substituents is 1. The molecule has 2 aromatic carbocycles. The lowest BCUT2D eigenvalue weighted by Gasteiger charge is -2.19. The monoisotopic (exact) mass is 367 g/mol. The van der Waals surface area contributed by atoms with Gasteiger partial charge in [0.2, 0.25) is 0 Å². The van der Waals surface area contributed by atoms with Crippen molar-refractivity contribution in [1.82, 2.24) is 0 Å². The van der Waals surface area contributed by atoms with Gasteiger partial charge in [-0.2, -0.15) is 0 Å². The van der Waals surface area contributed by atoms with Crippen LogP contribution in [0.15, 0.2) is 60.7 Å². The number of nitro benzene ring substituents is 1. The molecule has 140 valence electrons. The Bertz CT molecular complexity index is 885. The van der Waals surface area contributed by atoms with Crippen LogP contribution in [-0.2, 0) is 19.9 Å². The number of rotatable bonds is 5. The molecule has 0 spiro atoms. The number of epoxide rings is 1. The van der Waals surface area contributed by atoms with Crippen molar-refractivity contribution >= 4 is 17.7 Å². The maximum absolute atomic E-state index is 12.5. The zero-order valence-electron chi connectivity index (χ0n) is 15.4. The van der Waals surface area contributed by atoms with E-state index >= 15 is 0 Å². The summed E-state index contributed by atoms with van der Waals surface area (Å²) in [6.45, 7) is 5.34. The molecule has 1 aliphatic rings. The third-order valence-corrected chi connectivity index (χ3v) is 4.10. The predicted octanol–water partition coefficient (Wildman–Crippen LogP) is 4.24. The molecule has 0 saturated carbocycles. The molecule has 0 N–H and O–H groups in total. The summed E-state index contributed by atoms with van der Waals surface area (Å²) in [5.41, 5.74) is -0.316. The molecule has 2 aromatic rings. The van der Waals surface area contributed by atoms with Crippen molar-refractivity contribution in [3.63, 3.8) is 0 Å². The SMILES string of the molecule is CC(C)(C)OC(=O)C1OC1(/C=C/c1ccccc1)c1cccc([N+](=O)[O-])c1. The molecule has 1 aliphatic heterocycles. The second-order valence-corrected chi connectivity index (χ2v) is 7.38. The van der Waals surface area contributed by atoms with E-state index in [1.165, 1.54) is 12.1 Å². The van der Waals surface area contributed by atoms with Gasteiger partial charge in [-0.25, -0.2) is 4.79 Å². The molecule has 6 heteroatoms. The van der Waals surface area contributed by atoms with E-state index in [1.807, 2.05) is 36.4 Å². The summed E-state index contributed by atoms with van der Waals surface area (Å²) in [4.78, 5) is 23.2. The molecule has 0 amide bonds. The lowest BCUT2D eigenvalue weighted by Crippen LogP contribution is -2.29. The fourth-order valence-electron chi connectivity index (χ4n) is 2.83. The minimum absolute atomic E-state index is 0.0570. The minimum Gasteiger partial charge on any atom is -0.458 e. The molecule has 27 heavy (non-hydrogen) atoms. The molecule has 0 aliphatic carbocycles. The maximum Gasteiger partial charge on any atom is 0.339 e. The Morgan fingerprint density at radius 3 is 2.52 bits per heavy atom. The molecule has 0 bridgehead atoms. The lowest BCUT2D eigenvalue weighted by atomic mass is 9.93. The van der Waals surface area contributed by atoms with E-state index in [-0.39, 0.29) is 5.69 Å². The van der Waals surface area contributed by atoms with E-state index in [9.17, 15) is 14.9 Å². The van der Waals surface area contributed by atoms with Gasteiger partial charge in [0.1, 0.15) is 5.60 Å². The van der Waals surface area contributed by atoms with Crippen molar-refractivity contribution in [1.29, 1.82) is 0 Å². The topological polar surface area (TPSA) is 82.0 Å². The highest BCUT2D eigenvalue weighted by atomic mass is 16.7. The highest BCUT2D eigenvalue weighted by Crippen LogP contribution is 2.49. The number of hydrogen-bond donors (Lipinski definition) is 0. The predicted molar refractivity (Wildman–Crippen MR) is 101 cm³/mol. The Morgan fingerprint density at radius 2 is 1.89 bits per heavy atom. The molecule has 2 atom stereocenters. The molecule has 0 aromatic heterocycles. The standard InChI is InChI=1S/C21H21NO5/c1-20(2,3)27-19(23)18-21(26-18,13-12-15-8-5-4-6-9-15)16-10-7-11-17(14-16)22(24)25/h4-14,18H,1-3H3/b13-12+. The highest BCUT2D eigenvalue weighted by Gasteiger charge is 2.62. The largest absolute Gasteiger partial charge is 0.458 e. The van der Waals surface area contributed by atoms with Gasteiger partial charge in [0, 0.05) is 12.1 Å². The molecular weight excluding hydrogens is 346 g/mol. The van der Waals surface area contributed by atoms with E-state index in [2.05, 4.69) is 0 Å². The van der Waals surface area contributed by atoms with Crippen molar-refractivity contribution in [2.45, 2.75) is 38.1 Å². The first kappa shape index (κ1) is 18.8. The number of nitrogens with zero attached hydrogens (tertiary/aromatic N) is 1. The van der Waals surface area contributed by atoms with Gasteiger partial charge in [-0.3, -0.25) is 10.1 Å². The van der Waals surface area contributed by atoms with Gasteiger partial charge in [0.25, 0.3) is 5.69 Å². The third-order valence-electron chi connectivity index (χ3n) is 4.10. The van der Waals surface area contributed by atoms with Crippen molar-refractivity contribution in [3.8, 4) is 0 Å². The maximum atomic E-state index is 12.5. The molecule has 0 radical (unpaired) electrons. The number of esters is 1. The molecule has 2 unspecified atom stereocenters. The van der Waals surface area contributed by atoms with Gasteiger partial charge in [-0.05, 0) is 38.0 Å². The van der Waals surface area contributed by atoms with Crippen molar-refractivity contribution in [2.75, 3.05) is 0 Å². The van der Waals surface area contributed by atoms with Crippen molar-refractivity contribution in [3.05, 3.63) is 81.9 Å². The van der Waals surface area contributed by atoms with E-state index in [0.717, 1.165) is 5.56 Å². The lowest BCUT2D eigenvalue weighted by molar-refractivity contribution is -0.385. The second-order valence-electron chi connectivity index (χ2n) is 7.38. The first-order chi connectivity index (χ1) is 12.7. The second kappa shape index (κ2) is 6.96. The van der Waals surface area contributed by atoms with Crippen LogP contribution in [0.2, 0.25) is 0 Å². The Balaban J connectivity index is 1.96. The van der Waals surface area contributed by atoms with Crippen LogP contribution in [-0.4, -0.2) is 22.6 Å². The fourth-order valence-corrected chi connectivity index (χ4v) is 2.83. The normalized spacial score (nSPS) is 21.8. The van der Waals surface area contributed by atoms with Crippen LogP contribution in [0.3, 0.4) is 0 Å². The number of carbonyl (C=O) groups excluding carboxylic acids is 1. The highest BCUT2D eigenvalue weighted by molar-refractivity contribution is 5.82. The van der Waals surface area contributed by atoms with Crippen LogP contribution in [0.4, 0.5) is 5.69 Å². The van der Waals surface area contributed by atoms with E-state index in [4.69, 9.17) is 9.47 Å². The number of hydrogen-bond acceptors (Lipinski definition) is 5. The van der Waals surface area contributed by atoms with Crippen LogP contribution in [0.5, 0.6) is 0 Å². The third kappa shape index (κ3) is 4.23. The Morgan fingerprint density at radius 1 is 1.19 bits per heavy atom. The van der Waals surface area contributed by atoms with Gasteiger partial charge < -0.3 is 9.47 Å². The molecular formula is C21H21NO5. The molecule has 1 saturated heterocycles. The molecule has 6 nitrogen and oxygen atoms in total. The van der Waals surface area contributed by atoms with Gasteiger partial charge in [0.15, 0.2) is 11.7 Å². The average Bonchev–Trinajstić information content (AvgIpc) is 3.36. The van der Waals surface area contributed by atoms with E-state index in [0.29, 0.717) is 5.56 Å². The Labute approximate surface area is 157 Å². The minimum atomic E-state index is -1.08. The van der Waals surface area contributed by atoms with Crippen LogP contribution in [0.25, 0.3) is 6.08 Å². The number of benzene rings is 2. The summed E-state index contributed by atoms with van der Waals surface area (Å²) >= 11 is 0. The average molecular weight is 367 g/mol. The zero-order valence-corrected chi connectivity index (χ0v) is 15.4. The fraction of sp³-hybridized carbons (Fsp3) is 0.286. The summed E-state index contributed by atoms with van der Waals surface area (Å²) in [5, 5.41) is 11.1. The summed E-state index contributed by atoms with van der Waals surface area (Å²) in [6, 6.07) is 15.7. The van der Waals surface area contributed by atoms with Gasteiger partial charge in [-0.15, -0.1) is 0 Å². The smallest absolute Gasteiger partial charge is 0.339 e. The Kier molecular flexibility index (Phi) is 4.85. The van der Waals surface area contributed by atoms with Gasteiger partial charge in [0.05, 0.1) is 4.92 Å². The summed E-state index contributed by atoms with van der Waals surface area (Å²) in [6.07, 6.45) is 2.75. The molecule has 3 rings (SSSR count). The van der Waals surface area contributed by atoms with Crippen LogP contribution >= 0.6 is 0 Å². The van der Waals surface area contributed by atoms with Gasteiger partial charge in [-0.1, -0.05) is 48.5 Å². The van der Waals surface area contributed by atoms with Crippen LogP contribution in [0.1, 0.15) is 31.9 Å².